The van der Waals surface area contributed by atoms with Crippen molar-refractivity contribution in [1.82, 2.24) is 0 Å². The molecule has 0 aliphatic heterocycles. The SMILES string of the molecule is Oc1c(Br)ccc(F)c1OCF. The Labute approximate surface area is 75.9 Å². The Morgan fingerprint density at radius 1 is 1.50 bits per heavy atom. The Hall–Kier alpha value is -0.840. The highest BCUT2D eigenvalue weighted by molar-refractivity contribution is 9.10. The number of hydrogen-bond acceptors (Lipinski definition) is 2. The lowest BCUT2D eigenvalue weighted by molar-refractivity contribution is 0.177. The third kappa shape index (κ3) is 1.66. The highest BCUT2D eigenvalue weighted by atomic mass is 79.9. The van der Waals surface area contributed by atoms with Gasteiger partial charge in [0.05, 0.1) is 4.47 Å². The maximum atomic E-state index is 12.7. The second-order valence-electron chi connectivity index (χ2n) is 1.96. The van der Waals surface area contributed by atoms with Crippen molar-refractivity contribution >= 4 is 15.9 Å². The van der Waals surface area contributed by atoms with Crippen molar-refractivity contribution in [2.24, 2.45) is 0 Å². The van der Waals surface area contributed by atoms with Gasteiger partial charge in [0, 0.05) is 0 Å². The van der Waals surface area contributed by atoms with Crippen molar-refractivity contribution in [3.05, 3.63) is 22.4 Å². The van der Waals surface area contributed by atoms with Crippen LogP contribution < -0.4 is 4.74 Å². The van der Waals surface area contributed by atoms with Gasteiger partial charge in [-0.15, -0.1) is 0 Å². The van der Waals surface area contributed by atoms with Crippen LogP contribution in [0.3, 0.4) is 0 Å². The first-order valence-electron chi connectivity index (χ1n) is 3.02. The van der Waals surface area contributed by atoms with E-state index >= 15 is 0 Å². The van der Waals surface area contributed by atoms with Crippen molar-refractivity contribution in [2.75, 3.05) is 6.86 Å². The van der Waals surface area contributed by atoms with Gasteiger partial charge in [0.15, 0.2) is 11.6 Å². The van der Waals surface area contributed by atoms with E-state index in [0.717, 1.165) is 6.07 Å². The number of rotatable bonds is 2. The fourth-order valence-electron chi connectivity index (χ4n) is 0.714. The highest BCUT2D eigenvalue weighted by Crippen LogP contribution is 2.35. The van der Waals surface area contributed by atoms with Crippen LogP contribution in [0.4, 0.5) is 8.78 Å². The fourth-order valence-corrected chi connectivity index (χ4v) is 1.03. The maximum absolute atomic E-state index is 12.7. The molecule has 0 aliphatic rings. The summed E-state index contributed by atoms with van der Waals surface area (Å²) in [5.74, 6) is -1.71. The zero-order chi connectivity index (χ0) is 9.14. The van der Waals surface area contributed by atoms with Gasteiger partial charge in [0.1, 0.15) is 0 Å². The average Bonchev–Trinajstić information content (AvgIpc) is 2.06. The normalized spacial score (nSPS) is 9.92. The molecule has 0 heterocycles. The second kappa shape index (κ2) is 3.71. The molecule has 12 heavy (non-hydrogen) atoms. The number of phenols is 1. The minimum absolute atomic E-state index is 0.257. The predicted octanol–water partition coefficient (Wildman–Crippen LogP) is 2.60. The van der Waals surface area contributed by atoms with Gasteiger partial charge in [-0.2, -0.15) is 0 Å². The van der Waals surface area contributed by atoms with Crippen LogP contribution in [0.15, 0.2) is 16.6 Å². The lowest BCUT2D eigenvalue weighted by Crippen LogP contribution is -1.94. The summed E-state index contributed by atoms with van der Waals surface area (Å²) >= 11 is 2.93. The van der Waals surface area contributed by atoms with E-state index in [4.69, 9.17) is 5.11 Å². The van der Waals surface area contributed by atoms with E-state index in [2.05, 4.69) is 20.7 Å². The topological polar surface area (TPSA) is 29.5 Å². The van der Waals surface area contributed by atoms with E-state index in [1.807, 2.05) is 0 Å². The van der Waals surface area contributed by atoms with Gasteiger partial charge in [-0.25, -0.2) is 8.78 Å². The molecule has 0 saturated carbocycles. The first-order valence-corrected chi connectivity index (χ1v) is 3.82. The summed E-state index contributed by atoms with van der Waals surface area (Å²) in [7, 11) is 0. The molecule has 0 atom stereocenters. The van der Waals surface area contributed by atoms with Crippen LogP contribution in [0.5, 0.6) is 11.5 Å². The van der Waals surface area contributed by atoms with Crippen molar-refractivity contribution < 1.29 is 18.6 Å². The summed E-state index contributed by atoms with van der Waals surface area (Å²) in [5.41, 5.74) is 0. The van der Waals surface area contributed by atoms with Crippen LogP contribution in [-0.2, 0) is 0 Å². The zero-order valence-electron chi connectivity index (χ0n) is 5.85. The smallest absolute Gasteiger partial charge is 0.228 e. The first-order chi connectivity index (χ1) is 5.66. The molecule has 1 aromatic rings. The summed E-state index contributed by atoms with van der Waals surface area (Å²) in [6.45, 7) is -1.18. The molecule has 1 rings (SSSR count). The fraction of sp³-hybridized carbons (Fsp3) is 0.143. The standard InChI is InChI=1S/C7H5BrF2O2/c8-4-1-2-5(10)7(6(4)11)12-3-9/h1-2,11H,3H2. The van der Waals surface area contributed by atoms with Crippen molar-refractivity contribution in [2.45, 2.75) is 0 Å². The van der Waals surface area contributed by atoms with Crippen LogP contribution in [0.1, 0.15) is 0 Å². The molecule has 2 nitrogen and oxygen atoms in total. The van der Waals surface area contributed by atoms with E-state index < -0.39 is 24.2 Å². The molecule has 0 fully saturated rings. The second-order valence-corrected chi connectivity index (χ2v) is 2.81. The van der Waals surface area contributed by atoms with E-state index in [0.29, 0.717) is 0 Å². The molecule has 0 spiro atoms. The zero-order valence-corrected chi connectivity index (χ0v) is 7.44. The van der Waals surface area contributed by atoms with Crippen LogP contribution >= 0.6 is 15.9 Å². The summed E-state index contributed by atoms with van der Waals surface area (Å²) in [4.78, 5) is 0. The van der Waals surface area contributed by atoms with Gasteiger partial charge in [-0.3, -0.25) is 0 Å². The van der Waals surface area contributed by atoms with Gasteiger partial charge in [0.25, 0.3) is 0 Å². The monoisotopic (exact) mass is 238 g/mol. The van der Waals surface area contributed by atoms with Crippen molar-refractivity contribution in [3.63, 3.8) is 0 Å². The Balaban J connectivity index is 3.14. The van der Waals surface area contributed by atoms with E-state index in [9.17, 15) is 8.78 Å². The molecule has 0 radical (unpaired) electrons. The summed E-state index contributed by atoms with van der Waals surface area (Å²) in [5, 5.41) is 9.13. The predicted molar refractivity (Wildman–Crippen MR) is 42.4 cm³/mol. The molecule has 1 N–H and O–H groups in total. The first kappa shape index (κ1) is 9.25. The van der Waals surface area contributed by atoms with Crippen LogP contribution in [0.25, 0.3) is 0 Å². The van der Waals surface area contributed by atoms with E-state index in [1.165, 1.54) is 6.07 Å². The maximum Gasteiger partial charge on any atom is 0.228 e. The lowest BCUT2D eigenvalue weighted by Gasteiger charge is -2.05. The summed E-state index contributed by atoms with van der Waals surface area (Å²) in [6.07, 6.45) is 0. The van der Waals surface area contributed by atoms with Crippen LogP contribution in [-0.4, -0.2) is 12.0 Å². The Morgan fingerprint density at radius 2 is 2.17 bits per heavy atom. The average molecular weight is 239 g/mol. The molecular formula is C7H5BrF2O2. The molecule has 66 valence electrons. The van der Waals surface area contributed by atoms with Crippen molar-refractivity contribution in [1.29, 1.82) is 0 Å². The third-order valence-corrected chi connectivity index (χ3v) is 1.87. The van der Waals surface area contributed by atoms with Crippen molar-refractivity contribution in [3.8, 4) is 11.5 Å². The number of hydrogen-bond donors (Lipinski definition) is 1. The van der Waals surface area contributed by atoms with Gasteiger partial charge in [-0.1, -0.05) is 0 Å². The Morgan fingerprint density at radius 3 is 2.75 bits per heavy atom. The van der Waals surface area contributed by atoms with E-state index in [1.54, 1.807) is 0 Å². The minimum atomic E-state index is -1.18. The number of aromatic hydroxyl groups is 1. The number of phenolic OH excluding ortho intramolecular Hbond substituents is 1. The Bertz CT molecular complexity index is 291. The van der Waals surface area contributed by atoms with Gasteiger partial charge < -0.3 is 9.84 Å². The molecule has 0 aliphatic carbocycles. The molecular weight excluding hydrogens is 234 g/mol. The largest absolute Gasteiger partial charge is 0.503 e. The lowest BCUT2D eigenvalue weighted by atomic mass is 10.3. The minimum Gasteiger partial charge on any atom is -0.503 e. The van der Waals surface area contributed by atoms with Gasteiger partial charge >= 0.3 is 0 Å². The molecule has 0 aromatic heterocycles. The van der Waals surface area contributed by atoms with Gasteiger partial charge in [0.2, 0.25) is 12.6 Å². The molecule has 0 unspecified atom stereocenters. The van der Waals surface area contributed by atoms with E-state index in [-0.39, 0.29) is 4.47 Å². The Kier molecular flexibility index (Phi) is 2.86. The summed E-state index contributed by atoms with van der Waals surface area (Å²) < 4.78 is 28.9. The quantitative estimate of drug-likeness (QED) is 0.859. The number of benzene rings is 1. The number of ether oxygens (including phenoxy) is 1. The van der Waals surface area contributed by atoms with Crippen LogP contribution in [0, 0.1) is 5.82 Å². The molecule has 5 heteroatoms. The van der Waals surface area contributed by atoms with Crippen LogP contribution in [0.2, 0.25) is 0 Å². The number of alkyl halides is 1. The number of halogens is 3. The third-order valence-electron chi connectivity index (χ3n) is 1.23. The highest BCUT2D eigenvalue weighted by Gasteiger charge is 2.12. The summed E-state index contributed by atoms with van der Waals surface area (Å²) in [6, 6.07) is 2.37. The molecule has 0 saturated heterocycles. The van der Waals surface area contributed by atoms with Gasteiger partial charge in [-0.05, 0) is 28.1 Å². The molecule has 0 bridgehead atoms. The molecule has 0 amide bonds. The molecule has 1 aromatic carbocycles.